The average Bonchev–Trinajstić information content (AvgIpc) is 2.56. The fourth-order valence-electron chi connectivity index (χ4n) is 3.12. The highest BCUT2D eigenvalue weighted by atomic mass is 32.2. The third kappa shape index (κ3) is 1.27. The Hall–Kier alpha value is 0.375. The summed E-state index contributed by atoms with van der Waals surface area (Å²) in [6.07, 6.45) is 1.18. The quantitative estimate of drug-likeness (QED) is 0.622. The third-order valence-corrected chi connectivity index (χ3v) is 5.40. The van der Waals surface area contributed by atoms with Crippen molar-refractivity contribution in [3.8, 4) is 0 Å². The standard InChI is InChI=1S/C10H19BOS/c1-4-10-5-13-8(9(11)12-10)7(10)6(2)3/h6-9H,4-5,11H2,1-3H3/t7?,8?,9-,10+/m1/s1. The van der Waals surface area contributed by atoms with Crippen LogP contribution in [0.3, 0.4) is 0 Å². The van der Waals surface area contributed by atoms with E-state index in [9.17, 15) is 0 Å². The minimum atomic E-state index is 0.225. The van der Waals surface area contributed by atoms with Crippen molar-refractivity contribution in [1.82, 2.24) is 0 Å². The molecule has 13 heavy (non-hydrogen) atoms. The number of ether oxygens (including phenoxy) is 1. The lowest BCUT2D eigenvalue weighted by Gasteiger charge is -2.32. The Balaban J connectivity index is 2.26. The number of hydrogen-bond acceptors (Lipinski definition) is 2. The Morgan fingerprint density at radius 3 is 2.69 bits per heavy atom. The van der Waals surface area contributed by atoms with E-state index in [1.165, 1.54) is 12.2 Å². The van der Waals surface area contributed by atoms with Gasteiger partial charge < -0.3 is 4.74 Å². The molecular formula is C10H19BOS. The number of fused-ring (bicyclic) bond motifs is 2. The van der Waals surface area contributed by atoms with E-state index in [4.69, 9.17) is 4.74 Å². The van der Waals surface area contributed by atoms with Gasteiger partial charge in [-0.25, -0.2) is 0 Å². The molecule has 2 fully saturated rings. The maximum atomic E-state index is 6.15. The van der Waals surface area contributed by atoms with Gasteiger partial charge in [0.2, 0.25) is 0 Å². The Morgan fingerprint density at radius 1 is 1.62 bits per heavy atom. The van der Waals surface area contributed by atoms with Crippen LogP contribution in [0.1, 0.15) is 27.2 Å². The van der Waals surface area contributed by atoms with Gasteiger partial charge in [0.15, 0.2) is 0 Å². The topological polar surface area (TPSA) is 9.23 Å². The van der Waals surface area contributed by atoms with E-state index in [2.05, 4.69) is 40.4 Å². The maximum Gasteiger partial charge on any atom is 0.140 e. The van der Waals surface area contributed by atoms with Crippen molar-refractivity contribution < 1.29 is 4.74 Å². The lowest BCUT2D eigenvalue weighted by atomic mass is 9.77. The van der Waals surface area contributed by atoms with Crippen molar-refractivity contribution in [2.24, 2.45) is 11.8 Å². The van der Waals surface area contributed by atoms with Gasteiger partial charge in [-0.05, 0) is 12.3 Å². The summed E-state index contributed by atoms with van der Waals surface area (Å²) >= 11 is 2.14. The normalized spacial score (nSPS) is 49.1. The largest absolute Gasteiger partial charge is 0.378 e. The average molecular weight is 198 g/mol. The summed E-state index contributed by atoms with van der Waals surface area (Å²) in [6, 6.07) is 0.478. The molecule has 0 aromatic rings. The highest BCUT2D eigenvalue weighted by molar-refractivity contribution is 8.00. The molecular weight excluding hydrogens is 179 g/mol. The SMILES string of the molecule is B[C@@H]1O[C@@]2(CC)CSC1C2C(C)C. The Kier molecular flexibility index (Phi) is 2.44. The van der Waals surface area contributed by atoms with Crippen molar-refractivity contribution in [2.45, 2.75) is 44.0 Å². The second-order valence-electron chi connectivity index (χ2n) is 4.79. The first-order chi connectivity index (χ1) is 6.10. The van der Waals surface area contributed by atoms with Crippen LogP contribution in [0.4, 0.5) is 0 Å². The van der Waals surface area contributed by atoms with Gasteiger partial charge in [0.1, 0.15) is 7.85 Å². The minimum absolute atomic E-state index is 0.225. The van der Waals surface area contributed by atoms with E-state index in [0.29, 0.717) is 6.00 Å². The zero-order chi connectivity index (χ0) is 9.64. The van der Waals surface area contributed by atoms with Gasteiger partial charge in [0.25, 0.3) is 0 Å². The molecule has 4 atom stereocenters. The van der Waals surface area contributed by atoms with Crippen molar-refractivity contribution in [1.29, 1.82) is 0 Å². The monoisotopic (exact) mass is 198 g/mol. The third-order valence-electron chi connectivity index (χ3n) is 3.68. The molecule has 2 heterocycles. The molecule has 0 radical (unpaired) electrons. The maximum absolute atomic E-state index is 6.15. The molecule has 0 aromatic carbocycles. The first kappa shape index (κ1) is 9.91. The van der Waals surface area contributed by atoms with Crippen molar-refractivity contribution in [2.75, 3.05) is 5.75 Å². The van der Waals surface area contributed by atoms with E-state index in [1.807, 2.05) is 0 Å². The summed E-state index contributed by atoms with van der Waals surface area (Å²) in [7, 11) is 2.24. The second kappa shape index (κ2) is 3.20. The number of rotatable bonds is 2. The molecule has 3 heteroatoms. The highest BCUT2D eigenvalue weighted by Crippen LogP contribution is 2.55. The Bertz CT molecular complexity index is 209. The van der Waals surface area contributed by atoms with Gasteiger partial charge in [0.05, 0.1) is 5.60 Å². The van der Waals surface area contributed by atoms with Crippen molar-refractivity contribution in [3.05, 3.63) is 0 Å². The van der Waals surface area contributed by atoms with Crippen LogP contribution >= 0.6 is 11.8 Å². The van der Waals surface area contributed by atoms with Crippen LogP contribution in [0.2, 0.25) is 0 Å². The van der Waals surface area contributed by atoms with E-state index in [-0.39, 0.29) is 5.60 Å². The molecule has 2 aliphatic rings. The zero-order valence-electron chi connectivity index (χ0n) is 9.04. The molecule has 2 saturated heterocycles. The molecule has 1 nitrogen and oxygen atoms in total. The van der Waals surface area contributed by atoms with Gasteiger partial charge in [-0.15, -0.1) is 0 Å². The van der Waals surface area contributed by atoms with E-state index >= 15 is 0 Å². The molecule has 0 aromatic heterocycles. The summed E-state index contributed by atoms with van der Waals surface area (Å²) in [4.78, 5) is 0. The lowest BCUT2D eigenvalue weighted by Crippen LogP contribution is -2.38. The fourth-order valence-corrected chi connectivity index (χ4v) is 5.16. The molecule has 0 N–H and O–H groups in total. The van der Waals surface area contributed by atoms with Gasteiger partial charge in [-0.3, -0.25) is 0 Å². The predicted octanol–water partition coefficient (Wildman–Crippen LogP) is 1.51. The zero-order valence-corrected chi connectivity index (χ0v) is 9.86. The van der Waals surface area contributed by atoms with Gasteiger partial charge in [-0.1, -0.05) is 20.8 Å². The molecule has 2 aliphatic heterocycles. The molecule has 2 rings (SSSR count). The molecule has 0 saturated carbocycles. The van der Waals surface area contributed by atoms with E-state index < -0.39 is 0 Å². The van der Waals surface area contributed by atoms with Crippen LogP contribution in [0.5, 0.6) is 0 Å². The summed E-state index contributed by atoms with van der Waals surface area (Å²) in [5.74, 6) is 2.78. The first-order valence-corrected chi connectivity index (χ1v) is 6.45. The highest BCUT2D eigenvalue weighted by Gasteiger charge is 2.58. The Labute approximate surface area is 86.4 Å². The molecule has 0 spiro atoms. The lowest BCUT2D eigenvalue weighted by molar-refractivity contribution is -0.0272. The smallest absolute Gasteiger partial charge is 0.140 e. The summed E-state index contributed by atoms with van der Waals surface area (Å²) in [5.41, 5.74) is 0.225. The molecule has 2 bridgehead atoms. The molecule has 0 amide bonds. The molecule has 74 valence electrons. The van der Waals surface area contributed by atoms with Crippen molar-refractivity contribution >= 4 is 19.6 Å². The fraction of sp³-hybridized carbons (Fsp3) is 1.00. The first-order valence-electron chi connectivity index (χ1n) is 5.40. The molecule has 0 aliphatic carbocycles. The van der Waals surface area contributed by atoms with E-state index in [1.54, 1.807) is 0 Å². The van der Waals surface area contributed by atoms with Gasteiger partial charge in [-0.2, -0.15) is 11.8 Å². The van der Waals surface area contributed by atoms with Crippen LogP contribution in [0.15, 0.2) is 0 Å². The van der Waals surface area contributed by atoms with Gasteiger partial charge in [0, 0.05) is 22.9 Å². The van der Waals surface area contributed by atoms with Crippen LogP contribution in [-0.2, 0) is 4.74 Å². The van der Waals surface area contributed by atoms with Crippen LogP contribution in [0.25, 0.3) is 0 Å². The van der Waals surface area contributed by atoms with Crippen LogP contribution in [-0.4, -0.2) is 30.5 Å². The predicted molar refractivity (Wildman–Crippen MR) is 61.0 cm³/mol. The summed E-state index contributed by atoms with van der Waals surface area (Å²) < 4.78 is 6.15. The summed E-state index contributed by atoms with van der Waals surface area (Å²) in [5, 5.41) is 0.764. The number of thioether (sulfide) groups is 1. The summed E-state index contributed by atoms with van der Waals surface area (Å²) in [6.45, 7) is 6.96. The van der Waals surface area contributed by atoms with Crippen LogP contribution in [0, 0.1) is 11.8 Å². The Morgan fingerprint density at radius 2 is 2.31 bits per heavy atom. The van der Waals surface area contributed by atoms with Gasteiger partial charge >= 0.3 is 0 Å². The van der Waals surface area contributed by atoms with E-state index in [0.717, 1.165) is 17.1 Å². The van der Waals surface area contributed by atoms with Crippen LogP contribution < -0.4 is 0 Å². The number of hydrogen-bond donors (Lipinski definition) is 0. The minimum Gasteiger partial charge on any atom is -0.378 e. The molecule has 2 unspecified atom stereocenters. The van der Waals surface area contributed by atoms with Crippen molar-refractivity contribution in [3.63, 3.8) is 0 Å². The second-order valence-corrected chi connectivity index (χ2v) is 5.95.